The van der Waals surface area contributed by atoms with Gasteiger partial charge in [0.05, 0.1) is 12.1 Å². The lowest BCUT2D eigenvalue weighted by Crippen LogP contribution is -2.30. The van der Waals surface area contributed by atoms with Gasteiger partial charge in [-0.1, -0.05) is 62.4 Å². The Morgan fingerprint density at radius 3 is 2.42 bits per heavy atom. The van der Waals surface area contributed by atoms with Crippen LogP contribution < -0.4 is 5.69 Å². The summed E-state index contributed by atoms with van der Waals surface area (Å²) in [4.78, 5) is 36.6. The van der Waals surface area contributed by atoms with Gasteiger partial charge >= 0.3 is 11.7 Å². The van der Waals surface area contributed by atoms with Gasteiger partial charge in [0.2, 0.25) is 0 Å². The van der Waals surface area contributed by atoms with Crippen LogP contribution in [0, 0.1) is 0 Å². The molecule has 1 N–H and O–H groups in total. The van der Waals surface area contributed by atoms with Crippen LogP contribution in [0.25, 0.3) is 17.2 Å². The van der Waals surface area contributed by atoms with Gasteiger partial charge < -0.3 is 5.11 Å². The molecule has 3 aromatic rings. The average Bonchev–Trinajstić information content (AvgIpc) is 3.08. The number of hydrogen-bond donors (Lipinski definition) is 1. The van der Waals surface area contributed by atoms with E-state index in [9.17, 15) is 19.5 Å². The molecule has 0 amide bonds. The molecule has 0 aliphatic rings. The number of allylic oxidation sites excluding steroid dienone is 1. The zero-order chi connectivity index (χ0) is 22.4. The van der Waals surface area contributed by atoms with E-state index >= 15 is 0 Å². The number of hydrogen-bond acceptors (Lipinski definition) is 4. The normalized spacial score (nSPS) is 11.2. The van der Waals surface area contributed by atoms with Crippen molar-refractivity contribution in [2.75, 3.05) is 0 Å². The van der Waals surface area contributed by atoms with Crippen molar-refractivity contribution >= 4 is 18.0 Å². The van der Waals surface area contributed by atoms with Crippen LogP contribution >= 0.6 is 0 Å². The number of carboxylic acids is 1. The lowest BCUT2D eigenvalue weighted by atomic mass is 9.99. The van der Waals surface area contributed by atoms with Crippen LogP contribution in [-0.2, 0) is 6.54 Å². The van der Waals surface area contributed by atoms with Crippen LogP contribution in [-0.4, -0.2) is 31.3 Å². The summed E-state index contributed by atoms with van der Waals surface area (Å²) >= 11 is 0. The molecule has 0 bridgehead atoms. The Hall–Kier alpha value is -3.74. The number of carboxylic acid groups (broad SMARTS) is 1. The van der Waals surface area contributed by atoms with E-state index in [1.165, 1.54) is 4.57 Å². The second-order valence-corrected chi connectivity index (χ2v) is 7.14. The van der Waals surface area contributed by atoms with E-state index in [2.05, 4.69) is 5.10 Å². The minimum absolute atomic E-state index is 0.231. The maximum absolute atomic E-state index is 12.8. The smallest absolute Gasteiger partial charge is 0.353 e. The number of aromatic carboxylic acids is 1. The van der Waals surface area contributed by atoms with Crippen molar-refractivity contribution in [3.05, 3.63) is 82.0 Å². The van der Waals surface area contributed by atoms with Crippen molar-refractivity contribution in [2.24, 2.45) is 0 Å². The molecular formula is C24H25N3O4. The van der Waals surface area contributed by atoms with Crippen LogP contribution in [0.5, 0.6) is 0 Å². The minimum atomic E-state index is -0.984. The standard InChI is InChI=1S/C24H25N3O4/c1-3-5-11-21-25-27(22(28)8-4-2)24(31)26(21)16-17-12-14-18(15-13-17)19-9-6-7-10-20(19)23(29)30/h5-7,9-15H,3-4,8,16H2,1-2H3,(H,29,30). The van der Waals surface area contributed by atoms with Crippen LogP contribution in [0.3, 0.4) is 0 Å². The summed E-state index contributed by atoms with van der Waals surface area (Å²) in [5.74, 6) is -0.877. The molecule has 0 spiro atoms. The fraction of sp³-hybridized carbons (Fsp3) is 0.250. The molecule has 0 saturated carbocycles. The zero-order valence-electron chi connectivity index (χ0n) is 17.6. The molecule has 1 aromatic heterocycles. The molecule has 160 valence electrons. The summed E-state index contributed by atoms with van der Waals surface area (Å²) in [5.41, 5.74) is 2.01. The minimum Gasteiger partial charge on any atom is -0.478 e. The molecular weight excluding hydrogens is 394 g/mol. The fourth-order valence-corrected chi connectivity index (χ4v) is 3.28. The third-order valence-electron chi connectivity index (χ3n) is 4.86. The Balaban J connectivity index is 1.94. The third kappa shape index (κ3) is 4.88. The van der Waals surface area contributed by atoms with Crippen LogP contribution in [0.1, 0.15) is 59.7 Å². The summed E-state index contributed by atoms with van der Waals surface area (Å²) < 4.78 is 2.41. The molecule has 31 heavy (non-hydrogen) atoms. The maximum Gasteiger partial charge on any atom is 0.353 e. The van der Waals surface area contributed by atoms with Gasteiger partial charge in [-0.25, -0.2) is 9.59 Å². The Morgan fingerprint density at radius 1 is 1.06 bits per heavy atom. The van der Waals surface area contributed by atoms with Gasteiger partial charge in [-0.3, -0.25) is 9.36 Å². The Labute approximate surface area is 180 Å². The molecule has 0 unspecified atom stereocenters. The SMILES string of the molecule is CCC=Cc1nn(C(=O)CCC)c(=O)n1Cc1ccc(-c2ccccc2C(=O)O)cc1. The van der Waals surface area contributed by atoms with Gasteiger partial charge in [-0.15, -0.1) is 9.78 Å². The Kier molecular flexibility index (Phi) is 6.97. The largest absolute Gasteiger partial charge is 0.478 e. The van der Waals surface area contributed by atoms with Gasteiger partial charge in [0.15, 0.2) is 5.82 Å². The summed E-state index contributed by atoms with van der Waals surface area (Å²) in [6.45, 7) is 4.11. The Bertz CT molecular complexity index is 1170. The molecule has 0 radical (unpaired) electrons. The van der Waals surface area contributed by atoms with Crippen molar-refractivity contribution in [3.8, 4) is 11.1 Å². The van der Waals surface area contributed by atoms with Crippen molar-refractivity contribution < 1.29 is 14.7 Å². The van der Waals surface area contributed by atoms with Crippen molar-refractivity contribution in [1.82, 2.24) is 14.3 Å². The predicted molar refractivity (Wildman–Crippen MR) is 119 cm³/mol. The van der Waals surface area contributed by atoms with E-state index in [-0.39, 0.29) is 24.4 Å². The second-order valence-electron chi connectivity index (χ2n) is 7.14. The predicted octanol–water partition coefficient (Wildman–Crippen LogP) is 4.32. The molecule has 0 aliphatic carbocycles. The van der Waals surface area contributed by atoms with Gasteiger partial charge in [-0.05, 0) is 41.7 Å². The van der Waals surface area contributed by atoms with Crippen molar-refractivity contribution in [1.29, 1.82) is 0 Å². The first kappa shape index (κ1) is 22.0. The summed E-state index contributed by atoms with van der Waals surface area (Å²) in [6, 6.07) is 14.2. The maximum atomic E-state index is 12.8. The summed E-state index contributed by atoms with van der Waals surface area (Å²) in [7, 11) is 0. The van der Waals surface area contributed by atoms with E-state index in [0.717, 1.165) is 22.2 Å². The van der Waals surface area contributed by atoms with E-state index in [1.54, 1.807) is 30.3 Å². The molecule has 7 nitrogen and oxygen atoms in total. The zero-order valence-corrected chi connectivity index (χ0v) is 17.6. The lowest BCUT2D eigenvalue weighted by molar-refractivity contribution is 0.0697. The molecule has 0 saturated heterocycles. The van der Waals surface area contributed by atoms with Gasteiger partial charge in [0.1, 0.15) is 0 Å². The fourth-order valence-electron chi connectivity index (χ4n) is 3.28. The highest BCUT2D eigenvalue weighted by Crippen LogP contribution is 2.24. The number of rotatable bonds is 8. The number of benzene rings is 2. The summed E-state index contributed by atoms with van der Waals surface area (Å²) in [6.07, 6.45) is 5.30. The second kappa shape index (κ2) is 9.84. The topological polar surface area (TPSA) is 94.2 Å². The van der Waals surface area contributed by atoms with Crippen molar-refractivity contribution in [3.63, 3.8) is 0 Å². The molecule has 3 rings (SSSR count). The average molecular weight is 419 g/mol. The highest BCUT2D eigenvalue weighted by atomic mass is 16.4. The highest BCUT2D eigenvalue weighted by molar-refractivity contribution is 5.96. The van der Waals surface area contributed by atoms with E-state index < -0.39 is 11.7 Å². The van der Waals surface area contributed by atoms with Crippen LogP contribution in [0.2, 0.25) is 0 Å². The molecule has 0 aliphatic heterocycles. The molecule has 7 heteroatoms. The quantitative estimate of drug-likeness (QED) is 0.587. The Morgan fingerprint density at radius 2 is 1.77 bits per heavy atom. The first-order valence-electron chi connectivity index (χ1n) is 10.3. The number of nitrogens with zero attached hydrogens (tertiary/aromatic N) is 3. The summed E-state index contributed by atoms with van der Waals surface area (Å²) in [5, 5.41) is 13.6. The highest BCUT2D eigenvalue weighted by Gasteiger charge is 2.17. The number of carbonyl (C=O) groups excluding carboxylic acids is 1. The van der Waals surface area contributed by atoms with E-state index in [4.69, 9.17) is 0 Å². The first-order chi connectivity index (χ1) is 15.0. The number of aromatic nitrogens is 3. The van der Waals surface area contributed by atoms with Gasteiger partial charge in [0.25, 0.3) is 5.91 Å². The molecule has 2 aromatic carbocycles. The van der Waals surface area contributed by atoms with E-state index in [0.29, 0.717) is 17.8 Å². The molecule has 0 fully saturated rings. The van der Waals surface area contributed by atoms with Crippen LogP contribution in [0.4, 0.5) is 0 Å². The monoisotopic (exact) mass is 419 g/mol. The van der Waals surface area contributed by atoms with Crippen molar-refractivity contribution in [2.45, 2.75) is 39.7 Å². The van der Waals surface area contributed by atoms with Crippen LogP contribution in [0.15, 0.2) is 59.4 Å². The third-order valence-corrected chi connectivity index (χ3v) is 4.86. The van der Waals surface area contributed by atoms with Gasteiger partial charge in [-0.2, -0.15) is 0 Å². The number of carbonyl (C=O) groups is 2. The molecule has 1 heterocycles. The van der Waals surface area contributed by atoms with E-state index in [1.807, 2.05) is 44.2 Å². The lowest BCUT2D eigenvalue weighted by Gasteiger charge is -2.08. The molecule has 0 atom stereocenters. The first-order valence-corrected chi connectivity index (χ1v) is 10.3. The van der Waals surface area contributed by atoms with Gasteiger partial charge in [0, 0.05) is 6.42 Å².